The van der Waals surface area contributed by atoms with E-state index in [1.165, 1.54) is 37.3 Å². The monoisotopic (exact) mass is 399 g/mol. The van der Waals surface area contributed by atoms with E-state index in [0.717, 1.165) is 0 Å². The van der Waals surface area contributed by atoms with Gasteiger partial charge in [0, 0.05) is 23.4 Å². The van der Waals surface area contributed by atoms with Crippen molar-refractivity contribution in [2.24, 2.45) is 5.92 Å². The number of hydrogen-bond acceptors (Lipinski definition) is 7. The average Bonchev–Trinajstić information content (AvgIpc) is 2.94. The zero-order valence-corrected chi connectivity index (χ0v) is 16.2. The molecule has 0 aromatic heterocycles. The van der Waals surface area contributed by atoms with E-state index in [2.05, 4.69) is 0 Å². The summed E-state index contributed by atoms with van der Waals surface area (Å²) < 4.78 is 9.59. The Kier molecular flexibility index (Phi) is 7.08. The molecular formula is C21H21NO7. The topological polar surface area (TPSA) is 110 Å². The number of hydrogen-bond donors (Lipinski definition) is 1. The van der Waals surface area contributed by atoms with Crippen LogP contribution in [-0.4, -0.2) is 43.0 Å². The van der Waals surface area contributed by atoms with Crippen molar-refractivity contribution in [3.05, 3.63) is 65.5 Å². The van der Waals surface area contributed by atoms with E-state index in [1.54, 1.807) is 37.4 Å². The Balaban J connectivity index is 2.43. The number of carbonyl (C=O) groups is 4. The van der Waals surface area contributed by atoms with E-state index >= 15 is 0 Å². The molecule has 2 rings (SSSR count). The molecule has 1 aliphatic heterocycles. The third-order valence-electron chi connectivity index (χ3n) is 4.25. The van der Waals surface area contributed by atoms with Gasteiger partial charge in [-0.25, -0.2) is 9.59 Å². The largest absolute Gasteiger partial charge is 0.481 e. The SMILES string of the molecule is COC(=O)C1=C(C(=O)OC)N(c2ccc(C(=O)C(C)CC(=O)O)cc2)C=CC=C1. The van der Waals surface area contributed by atoms with Crippen LogP contribution in [0.25, 0.3) is 0 Å². The van der Waals surface area contributed by atoms with Gasteiger partial charge in [-0.15, -0.1) is 0 Å². The molecule has 0 spiro atoms. The lowest BCUT2D eigenvalue weighted by atomic mass is 9.96. The van der Waals surface area contributed by atoms with E-state index in [4.69, 9.17) is 14.6 Å². The fraction of sp³-hybridized carbons (Fsp3) is 0.238. The molecule has 1 aromatic carbocycles. The van der Waals surface area contributed by atoms with Gasteiger partial charge >= 0.3 is 17.9 Å². The second-order valence-corrected chi connectivity index (χ2v) is 6.23. The predicted molar refractivity (Wildman–Crippen MR) is 104 cm³/mol. The number of anilines is 1. The van der Waals surface area contributed by atoms with Crippen molar-refractivity contribution in [1.82, 2.24) is 0 Å². The maximum Gasteiger partial charge on any atom is 0.355 e. The maximum absolute atomic E-state index is 12.4. The van der Waals surface area contributed by atoms with Crippen LogP contribution in [0.1, 0.15) is 23.7 Å². The van der Waals surface area contributed by atoms with Crippen LogP contribution in [0.15, 0.2) is 60.0 Å². The Bertz CT molecular complexity index is 909. The van der Waals surface area contributed by atoms with Crippen LogP contribution < -0.4 is 4.90 Å². The summed E-state index contributed by atoms with van der Waals surface area (Å²) in [5.74, 6) is -3.46. The minimum Gasteiger partial charge on any atom is -0.481 e. The summed E-state index contributed by atoms with van der Waals surface area (Å²) in [5, 5.41) is 8.86. The molecule has 8 nitrogen and oxygen atoms in total. The number of benzene rings is 1. The first-order valence-electron chi connectivity index (χ1n) is 8.71. The molecule has 152 valence electrons. The molecule has 0 radical (unpaired) electrons. The van der Waals surface area contributed by atoms with Crippen LogP contribution in [0, 0.1) is 5.92 Å². The summed E-state index contributed by atoms with van der Waals surface area (Å²) in [6.45, 7) is 1.55. The highest BCUT2D eigenvalue weighted by molar-refractivity contribution is 6.05. The van der Waals surface area contributed by atoms with Gasteiger partial charge in [0.1, 0.15) is 5.70 Å². The summed E-state index contributed by atoms with van der Waals surface area (Å²) in [5.41, 5.74) is 0.813. The quantitative estimate of drug-likeness (QED) is 0.550. The lowest BCUT2D eigenvalue weighted by Gasteiger charge is -2.23. The standard InChI is InChI=1S/C21H21NO7/c1-13(12-17(23)24)19(25)14-7-9-15(10-8-14)22-11-5-4-6-16(20(26)28-2)18(22)21(27)29-3/h4-11,13H,12H2,1-3H3,(H,23,24). The molecule has 0 aliphatic carbocycles. The summed E-state index contributed by atoms with van der Waals surface area (Å²) in [4.78, 5) is 49.2. The number of carboxylic acids is 1. The third-order valence-corrected chi connectivity index (χ3v) is 4.25. The number of ether oxygens (including phenoxy) is 2. The average molecular weight is 399 g/mol. The molecule has 1 heterocycles. The number of ketones is 1. The number of methoxy groups -OCH3 is 2. The van der Waals surface area contributed by atoms with Gasteiger partial charge < -0.3 is 19.5 Å². The Hall–Kier alpha value is -3.68. The molecule has 0 fully saturated rings. The highest BCUT2D eigenvalue weighted by Gasteiger charge is 2.27. The molecule has 0 bridgehead atoms. The van der Waals surface area contributed by atoms with Crippen molar-refractivity contribution >= 4 is 29.4 Å². The van der Waals surface area contributed by atoms with Crippen molar-refractivity contribution < 1.29 is 33.8 Å². The van der Waals surface area contributed by atoms with Gasteiger partial charge in [0.2, 0.25) is 0 Å². The van der Waals surface area contributed by atoms with E-state index < -0.39 is 23.8 Å². The van der Waals surface area contributed by atoms with Crippen LogP contribution in [-0.2, 0) is 23.9 Å². The number of carbonyl (C=O) groups excluding carboxylic acids is 3. The van der Waals surface area contributed by atoms with Crippen LogP contribution in [0.3, 0.4) is 0 Å². The van der Waals surface area contributed by atoms with Crippen molar-refractivity contribution in [3.63, 3.8) is 0 Å². The molecule has 1 N–H and O–H groups in total. The highest BCUT2D eigenvalue weighted by Crippen LogP contribution is 2.27. The third kappa shape index (κ3) is 4.98. The van der Waals surface area contributed by atoms with Crippen molar-refractivity contribution in [3.8, 4) is 0 Å². The van der Waals surface area contributed by atoms with Crippen LogP contribution >= 0.6 is 0 Å². The first-order chi connectivity index (χ1) is 13.8. The molecular weight excluding hydrogens is 378 g/mol. The molecule has 1 unspecified atom stereocenters. The van der Waals surface area contributed by atoms with E-state index in [-0.39, 0.29) is 23.5 Å². The highest BCUT2D eigenvalue weighted by atomic mass is 16.5. The first-order valence-corrected chi connectivity index (χ1v) is 8.71. The maximum atomic E-state index is 12.4. The Labute approximate surface area is 167 Å². The van der Waals surface area contributed by atoms with Gasteiger partial charge in [-0.05, 0) is 36.4 Å². The molecule has 29 heavy (non-hydrogen) atoms. The summed E-state index contributed by atoms with van der Waals surface area (Å²) in [6.07, 6.45) is 5.97. The van der Waals surface area contributed by atoms with Gasteiger partial charge in [-0.3, -0.25) is 9.59 Å². The molecule has 1 atom stereocenters. The lowest BCUT2D eigenvalue weighted by Crippen LogP contribution is -2.27. The second kappa shape index (κ2) is 9.50. The van der Waals surface area contributed by atoms with Crippen molar-refractivity contribution in [2.45, 2.75) is 13.3 Å². The molecule has 0 amide bonds. The number of rotatable bonds is 7. The molecule has 8 heteroatoms. The number of allylic oxidation sites excluding steroid dienone is 2. The first kappa shape index (κ1) is 21.6. The zero-order valence-electron chi connectivity index (χ0n) is 16.2. The fourth-order valence-electron chi connectivity index (χ4n) is 2.79. The minimum atomic E-state index is -1.05. The van der Waals surface area contributed by atoms with Crippen LogP contribution in [0.5, 0.6) is 0 Å². The number of Topliss-reactive ketones (excluding diaryl/α,β-unsaturated/α-hetero) is 1. The Morgan fingerprint density at radius 3 is 2.17 bits per heavy atom. The molecule has 0 saturated heterocycles. The van der Waals surface area contributed by atoms with Gasteiger partial charge in [0.15, 0.2) is 5.78 Å². The second-order valence-electron chi connectivity index (χ2n) is 6.23. The van der Waals surface area contributed by atoms with Gasteiger partial charge in [-0.2, -0.15) is 0 Å². The van der Waals surface area contributed by atoms with Gasteiger partial charge in [0.25, 0.3) is 0 Å². The van der Waals surface area contributed by atoms with Gasteiger partial charge in [-0.1, -0.05) is 13.0 Å². The number of carboxylic acid groups (broad SMARTS) is 1. The van der Waals surface area contributed by atoms with E-state index in [0.29, 0.717) is 11.3 Å². The van der Waals surface area contributed by atoms with E-state index in [1.807, 2.05) is 0 Å². The number of nitrogens with zero attached hydrogens (tertiary/aromatic N) is 1. The molecule has 1 aromatic rings. The van der Waals surface area contributed by atoms with Gasteiger partial charge in [0.05, 0.1) is 26.2 Å². The minimum absolute atomic E-state index is 0.0135. The van der Waals surface area contributed by atoms with E-state index in [9.17, 15) is 19.2 Å². The number of aliphatic carboxylic acids is 1. The fourth-order valence-corrected chi connectivity index (χ4v) is 2.79. The van der Waals surface area contributed by atoms with Crippen LogP contribution in [0.2, 0.25) is 0 Å². The summed E-state index contributed by atoms with van der Waals surface area (Å²) in [7, 11) is 2.41. The van der Waals surface area contributed by atoms with Crippen molar-refractivity contribution in [2.75, 3.05) is 19.1 Å². The smallest absolute Gasteiger partial charge is 0.355 e. The summed E-state index contributed by atoms with van der Waals surface area (Å²) in [6, 6.07) is 6.26. The Morgan fingerprint density at radius 2 is 1.62 bits per heavy atom. The normalized spacial score (nSPS) is 14.2. The Morgan fingerprint density at radius 1 is 1.00 bits per heavy atom. The predicted octanol–water partition coefficient (Wildman–Crippen LogP) is 2.47. The molecule has 1 aliphatic rings. The lowest BCUT2D eigenvalue weighted by molar-refractivity contribution is -0.139. The molecule has 0 saturated carbocycles. The zero-order chi connectivity index (χ0) is 21.6. The van der Waals surface area contributed by atoms with Crippen molar-refractivity contribution in [1.29, 1.82) is 0 Å². The van der Waals surface area contributed by atoms with Crippen LogP contribution in [0.4, 0.5) is 5.69 Å². The number of esters is 2. The summed E-state index contributed by atoms with van der Waals surface area (Å²) >= 11 is 0.